The van der Waals surface area contributed by atoms with Crippen LogP contribution in [0.15, 0.2) is 18.2 Å². The van der Waals surface area contributed by atoms with Gasteiger partial charge in [-0.05, 0) is 29.7 Å². The van der Waals surface area contributed by atoms with Gasteiger partial charge in [-0.2, -0.15) is 0 Å². The Morgan fingerprint density at radius 2 is 2.00 bits per heavy atom. The Hall–Kier alpha value is -0.810. The van der Waals surface area contributed by atoms with Crippen LogP contribution in [-0.4, -0.2) is 46.7 Å². The fraction of sp³-hybridized carbons (Fsp3) is 0.611. The van der Waals surface area contributed by atoms with Gasteiger partial charge in [0.2, 0.25) is 5.91 Å². The Balaban J connectivity index is 1.59. The summed E-state index contributed by atoms with van der Waals surface area (Å²) >= 11 is 12.2. The van der Waals surface area contributed by atoms with Crippen LogP contribution in [0.3, 0.4) is 0 Å². The summed E-state index contributed by atoms with van der Waals surface area (Å²) < 4.78 is 6.26. The largest absolute Gasteiger partial charge is 0.352 e. The average molecular weight is 369 g/mol. The Morgan fingerprint density at radius 1 is 1.29 bits per heavy atom. The molecule has 1 aromatic rings. The minimum Gasteiger partial charge on any atom is -0.352 e. The van der Waals surface area contributed by atoms with Crippen LogP contribution in [0.2, 0.25) is 10.0 Å². The Morgan fingerprint density at radius 3 is 2.67 bits per heavy atom. The van der Waals surface area contributed by atoms with E-state index in [9.17, 15) is 4.79 Å². The fourth-order valence-corrected chi connectivity index (χ4v) is 5.15. The predicted molar refractivity (Wildman–Crippen MR) is 94.0 cm³/mol. The van der Waals surface area contributed by atoms with Crippen LogP contribution in [0.4, 0.5) is 0 Å². The third kappa shape index (κ3) is 2.47. The number of halogens is 2. The first kappa shape index (κ1) is 16.6. The number of carbonyl (C=O) groups excluding carboxylic acids is 1. The van der Waals surface area contributed by atoms with Gasteiger partial charge in [-0.15, -0.1) is 0 Å². The van der Waals surface area contributed by atoms with Crippen molar-refractivity contribution in [2.75, 3.05) is 13.2 Å². The lowest BCUT2D eigenvalue weighted by molar-refractivity contribution is -0.139. The van der Waals surface area contributed by atoms with Crippen molar-refractivity contribution in [3.63, 3.8) is 0 Å². The van der Waals surface area contributed by atoms with E-state index in [2.05, 4.69) is 18.7 Å². The monoisotopic (exact) mass is 368 g/mol. The van der Waals surface area contributed by atoms with Crippen LogP contribution < -0.4 is 0 Å². The molecule has 6 heteroatoms. The second kappa shape index (κ2) is 5.87. The van der Waals surface area contributed by atoms with E-state index in [1.54, 1.807) is 6.07 Å². The first-order valence-corrected chi connectivity index (χ1v) is 9.31. The molecule has 0 radical (unpaired) electrons. The molecule has 1 spiro atoms. The Kier molecular flexibility index (Phi) is 4.07. The molecular weight excluding hydrogens is 347 g/mol. The number of ether oxygens (including phenoxy) is 1. The summed E-state index contributed by atoms with van der Waals surface area (Å²) in [6.07, 6.45) is 1.42. The highest BCUT2D eigenvalue weighted by Gasteiger charge is 2.64. The van der Waals surface area contributed by atoms with Gasteiger partial charge in [-0.3, -0.25) is 9.69 Å². The van der Waals surface area contributed by atoms with Crippen molar-refractivity contribution in [1.82, 2.24) is 9.80 Å². The van der Waals surface area contributed by atoms with Gasteiger partial charge in [0.05, 0.1) is 18.7 Å². The molecule has 1 amide bonds. The molecule has 0 bridgehead atoms. The molecule has 3 fully saturated rings. The maximum Gasteiger partial charge on any atom is 0.226 e. The molecule has 0 N–H and O–H groups in total. The predicted octanol–water partition coefficient (Wildman–Crippen LogP) is 3.55. The van der Waals surface area contributed by atoms with Gasteiger partial charge in [0.1, 0.15) is 0 Å². The van der Waals surface area contributed by atoms with Gasteiger partial charge < -0.3 is 9.64 Å². The van der Waals surface area contributed by atoms with Crippen molar-refractivity contribution in [2.24, 2.45) is 5.92 Å². The third-order valence-corrected chi connectivity index (χ3v) is 6.11. The van der Waals surface area contributed by atoms with Crippen LogP contribution in [0.25, 0.3) is 0 Å². The minimum atomic E-state index is -0.422. The number of amides is 1. The smallest absolute Gasteiger partial charge is 0.226 e. The number of likely N-dealkylation sites (tertiary alicyclic amines) is 1. The van der Waals surface area contributed by atoms with Crippen molar-refractivity contribution in [3.8, 4) is 0 Å². The molecule has 3 atom stereocenters. The van der Waals surface area contributed by atoms with E-state index in [0.717, 1.165) is 25.1 Å². The quantitative estimate of drug-likeness (QED) is 0.817. The van der Waals surface area contributed by atoms with E-state index in [1.807, 2.05) is 17.0 Å². The van der Waals surface area contributed by atoms with Gasteiger partial charge in [0.25, 0.3) is 0 Å². The zero-order chi connectivity index (χ0) is 17.1. The van der Waals surface area contributed by atoms with Crippen LogP contribution in [0.1, 0.15) is 32.3 Å². The number of benzene rings is 1. The topological polar surface area (TPSA) is 32.8 Å². The van der Waals surface area contributed by atoms with Crippen molar-refractivity contribution in [3.05, 3.63) is 33.8 Å². The summed E-state index contributed by atoms with van der Waals surface area (Å²) in [6, 6.07) is 5.94. The third-order valence-electron chi connectivity index (χ3n) is 5.68. The zero-order valence-electron chi connectivity index (χ0n) is 14.0. The lowest BCUT2D eigenvalue weighted by Gasteiger charge is -2.34. The second-order valence-corrected chi connectivity index (χ2v) is 8.32. The summed E-state index contributed by atoms with van der Waals surface area (Å²) in [5, 5.41) is 1.29. The molecule has 3 heterocycles. The van der Waals surface area contributed by atoms with Crippen molar-refractivity contribution >= 4 is 29.1 Å². The summed E-state index contributed by atoms with van der Waals surface area (Å²) in [4.78, 5) is 17.1. The van der Waals surface area contributed by atoms with Gasteiger partial charge in [0, 0.05) is 36.0 Å². The van der Waals surface area contributed by atoms with Crippen LogP contribution in [-0.2, 0) is 16.1 Å². The van der Waals surface area contributed by atoms with Crippen LogP contribution in [0, 0.1) is 5.92 Å². The molecule has 0 saturated carbocycles. The maximum absolute atomic E-state index is 12.7. The zero-order valence-corrected chi connectivity index (χ0v) is 15.5. The molecule has 130 valence electrons. The molecule has 3 aliphatic heterocycles. The SMILES string of the molecule is CC(C)[C@@H]1CO[C@@]23CCN(Cc4cc(Cl)cc(Cl)c4)[C@@H]2CC(=O)N13. The van der Waals surface area contributed by atoms with Crippen molar-refractivity contribution < 1.29 is 9.53 Å². The number of rotatable bonds is 3. The molecule has 3 aliphatic rings. The molecule has 0 aliphatic carbocycles. The molecular formula is C18H22Cl2N2O2. The Labute approximate surface area is 152 Å². The number of nitrogens with zero attached hydrogens (tertiary/aromatic N) is 2. The van der Waals surface area contributed by atoms with E-state index in [0.29, 0.717) is 29.0 Å². The summed E-state index contributed by atoms with van der Waals surface area (Å²) in [7, 11) is 0. The van der Waals surface area contributed by atoms with Crippen molar-refractivity contribution in [2.45, 2.75) is 51.0 Å². The van der Waals surface area contributed by atoms with Crippen LogP contribution >= 0.6 is 23.2 Å². The highest BCUT2D eigenvalue weighted by Crippen LogP contribution is 2.49. The Bertz CT molecular complexity index is 661. The number of carbonyl (C=O) groups is 1. The number of hydrogen-bond acceptors (Lipinski definition) is 3. The molecule has 4 nitrogen and oxygen atoms in total. The van der Waals surface area contributed by atoms with Gasteiger partial charge >= 0.3 is 0 Å². The van der Waals surface area contributed by atoms with Gasteiger partial charge in [-0.25, -0.2) is 0 Å². The molecule has 0 aromatic heterocycles. The second-order valence-electron chi connectivity index (χ2n) is 7.45. The van der Waals surface area contributed by atoms with Crippen LogP contribution in [0.5, 0.6) is 0 Å². The summed E-state index contributed by atoms with van der Waals surface area (Å²) in [5.74, 6) is 0.637. The van der Waals surface area contributed by atoms with E-state index in [1.165, 1.54) is 0 Å². The lowest BCUT2D eigenvalue weighted by Crippen LogP contribution is -2.50. The van der Waals surface area contributed by atoms with Gasteiger partial charge in [-0.1, -0.05) is 37.0 Å². The standard InChI is InChI=1S/C18H22Cl2N2O2/c1-11(2)15-10-24-18-3-4-21(16(18)8-17(23)22(15)18)9-12-5-13(19)7-14(20)6-12/h5-7,11,15-16H,3-4,8-10H2,1-2H3/t15-,16+,18-/m0/s1. The van der Waals surface area contributed by atoms with Crippen molar-refractivity contribution in [1.29, 1.82) is 0 Å². The molecule has 0 unspecified atom stereocenters. The fourth-order valence-electron chi connectivity index (χ4n) is 4.58. The summed E-state index contributed by atoms with van der Waals surface area (Å²) in [6.45, 7) is 6.63. The minimum absolute atomic E-state index is 0.117. The molecule has 3 saturated heterocycles. The van der Waals surface area contributed by atoms with Gasteiger partial charge in [0.15, 0.2) is 5.72 Å². The van der Waals surface area contributed by atoms with E-state index in [-0.39, 0.29) is 18.0 Å². The van der Waals surface area contributed by atoms with E-state index in [4.69, 9.17) is 27.9 Å². The first-order chi connectivity index (χ1) is 11.4. The molecule has 24 heavy (non-hydrogen) atoms. The first-order valence-electron chi connectivity index (χ1n) is 8.56. The highest BCUT2D eigenvalue weighted by atomic mass is 35.5. The molecule has 1 aromatic carbocycles. The van der Waals surface area contributed by atoms with E-state index >= 15 is 0 Å². The highest BCUT2D eigenvalue weighted by molar-refractivity contribution is 6.34. The summed E-state index contributed by atoms with van der Waals surface area (Å²) in [5.41, 5.74) is 0.655. The average Bonchev–Trinajstić information content (AvgIpc) is 3.09. The molecule has 4 rings (SSSR count). The van der Waals surface area contributed by atoms with E-state index < -0.39 is 5.72 Å². The number of hydrogen-bond donors (Lipinski definition) is 0. The maximum atomic E-state index is 12.7. The normalized spacial score (nSPS) is 32.7. The lowest BCUT2D eigenvalue weighted by atomic mass is 10.0.